The molecule has 0 bridgehead atoms. The third-order valence-corrected chi connectivity index (χ3v) is 2.44. The maximum atomic E-state index is 13.0. The number of aliphatic hydroxyl groups is 1. The van der Waals surface area contributed by atoms with Gasteiger partial charge in [0.15, 0.2) is 0 Å². The summed E-state index contributed by atoms with van der Waals surface area (Å²) in [6.07, 6.45) is 0.385. The van der Waals surface area contributed by atoms with Gasteiger partial charge in [-0.25, -0.2) is 4.39 Å². The molecule has 0 saturated heterocycles. The van der Waals surface area contributed by atoms with Crippen molar-refractivity contribution in [2.45, 2.75) is 12.5 Å². The molecule has 0 spiro atoms. The number of nitrogen functional groups attached to an aromatic ring is 1. The van der Waals surface area contributed by atoms with Crippen LogP contribution in [0.15, 0.2) is 18.2 Å². The Morgan fingerprint density at radius 3 is 2.89 bits per heavy atom. The molecule has 1 amide bonds. The molecule has 0 radical (unpaired) electrons. The van der Waals surface area contributed by atoms with Gasteiger partial charge in [-0.15, -0.1) is 0 Å². The van der Waals surface area contributed by atoms with Crippen molar-refractivity contribution >= 4 is 11.6 Å². The average Bonchev–Trinajstić information content (AvgIpc) is 2.33. The highest BCUT2D eigenvalue weighted by atomic mass is 19.1. The molecule has 0 fully saturated rings. The summed E-state index contributed by atoms with van der Waals surface area (Å²) in [4.78, 5) is 11.8. The van der Waals surface area contributed by atoms with Crippen molar-refractivity contribution in [2.75, 3.05) is 26.1 Å². The number of amides is 1. The molecule has 0 aliphatic rings. The molecule has 6 heteroatoms. The summed E-state index contributed by atoms with van der Waals surface area (Å²) in [7, 11) is 1.51. The Hall–Kier alpha value is -1.66. The standard InChI is InChI=1S/C12H17FN2O3/c1-18-7-9(4-5-16)15-12(17)8-2-3-10(13)11(14)6-8/h2-3,6,9,16H,4-5,7,14H2,1H3,(H,15,17). The van der Waals surface area contributed by atoms with Crippen LogP contribution in [0.4, 0.5) is 10.1 Å². The Kier molecular flexibility index (Phi) is 5.54. The number of hydrogen-bond donors (Lipinski definition) is 3. The lowest BCUT2D eigenvalue weighted by Crippen LogP contribution is -2.38. The zero-order chi connectivity index (χ0) is 13.5. The quantitative estimate of drug-likeness (QED) is 0.648. The number of benzene rings is 1. The van der Waals surface area contributed by atoms with E-state index in [1.807, 2.05) is 0 Å². The molecule has 1 aromatic carbocycles. The van der Waals surface area contributed by atoms with Crippen molar-refractivity contribution < 1.29 is 19.0 Å². The SMILES string of the molecule is COCC(CCO)NC(=O)c1ccc(F)c(N)c1. The number of hydrogen-bond acceptors (Lipinski definition) is 4. The number of carbonyl (C=O) groups excluding carboxylic acids is 1. The Morgan fingerprint density at radius 1 is 1.61 bits per heavy atom. The van der Waals surface area contributed by atoms with E-state index in [0.717, 1.165) is 6.07 Å². The second-order valence-electron chi connectivity index (χ2n) is 3.87. The number of methoxy groups -OCH3 is 1. The lowest BCUT2D eigenvalue weighted by Gasteiger charge is -2.16. The Morgan fingerprint density at radius 2 is 2.33 bits per heavy atom. The van der Waals surface area contributed by atoms with Gasteiger partial charge in [0.2, 0.25) is 0 Å². The number of ether oxygens (including phenoxy) is 1. The Balaban J connectivity index is 2.70. The van der Waals surface area contributed by atoms with Gasteiger partial charge in [0.25, 0.3) is 5.91 Å². The Labute approximate surface area is 105 Å². The molecule has 0 heterocycles. The monoisotopic (exact) mass is 256 g/mol. The summed E-state index contributed by atoms with van der Waals surface area (Å²) in [5, 5.41) is 11.5. The first-order valence-electron chi connectivity index (χ1n) is 5.54. The van der Waals surface area contributed by atoms with Gasteiger partial charge >= 0.3 is 0 Å². The van der Waals surface area contributed by atoms with Crippen LogP contribution in [0.1, 0.15) is 16.8 Å². The van der Waals surface area contributed by atoms with Crippen molar-refractivity contribution in [3.05, 3.63) is 29.6 Å². The summed E-state index contributed by atoms with van der Waals surface area (Å²) in [5.74, 6) is -0.937. The van der Waals surface area contributed by atoms with Crippen molar-refractivity contribution in [2.24, 2.45) is 0 Å². The first kappa shape index (κ1) is 14.4. The number of carbonyl (C=O) groups is 1. The van der Waals surface area contributed by atoms with E-state index in [1.165, 1.54) is 19.2 Å². The van der Waals surface area contributed by atoms with Gasteiger partial charge in [-0.3, -0.25) is 4.79 Å². The van der Waals surface area contributed by atoms with Crippen LogP contribution in [0.2, 0.25) is 0 Å². The van der Waals surface area contributed by atoms with Gasteiger partial charge in [-0.1, -0.05) is 0 Å². The highest BCUT2D eigenvalue weighted by Crippen LogP contribution is 2.12. The van der Waals surface area contributed by atoms with Gasteiger partial charge in [-0.05, 0) is 24.6 Å². The van der Waals surface area contributed by atoms with Gasteiger partial charge in [0.1, 0.15) is 5.82 Å². The van der Waals surface area contributed by atoms with Crippen molar-refractivity contribution in [1.29, 1.82) is 0 Å². The topological polar surface area (TPSA) is 84.6 Å². The Bertz CT molecular complexity index is 406. The van der Waals surface area contributed by atoms with Crippen LogP contribution >= 0.6 is 0 Å². The maximum absolute atomic E-state index is 13.0. The molecule has 1 rings (SSSR count). The molecule has 0 aliphatic heterocycles. The summed E-state index contributed by atoms with van der Waals surface area (Å²) in [6.45, 7) is 0.239. The molecule has 0 aliphatic carbocycles. The van der Waals surface area contributed by atoms with E-state index in [9.17, 15) is 9.18 Å². The zero-order valence-corrected chi connectivity index (χ0v) is 10.1. The van der Waals surface area contributed by atoms with E-state index in [2.05, 4.69) is 5.32 Å². The molecule has 0 saturated carbocycles. The van der Waals surface area contributed by atoms with Crippen molar-refractivity contribution in [3.63, 3.8) is 0 Å². The summed E-state index contributed by atoms with van der Waals surface area (Å²) in [5.41, 5.74) is 5.58. The second-order valence-corrected chi connectivity index (χ2v) is 3.87. The van der Waals surface area contributed by atoms with Crippen LogP contribution in [-0.2, 0) is 4.74 Å². The van der Waals surface area contributed by atoms with Gasteiger partial charge < -0.3 is 20.9 Å². The smallest absolute Gasteiger partial charge is 0.251 e. The number of nitrogens with two attached hydrogens (primary N) is 1. The predicted octanol–water partition coefficient (Wildman–Crippen LogP) is 0.535. The molecule has 1 aromatic rings. The molecule has 1 atom stereocenters. The molecule has 5 nitrogen and oxygen atoms in total. The molecule has 0 aromatic heterocycles. The van der Waals surface area contributed by atoms with Crippen LogP contribution in [0.25, 0.3) is 0 Å². The summed E-state index contributed by atoms with van der Waals surface area (Å²) < 4.78 is 17.9. The largest absolute Gasteiger partial charge is 0.396 e. The van der Waals surface area contributed by atoms with E-state index >= 15 is 0 Å². The highest BCUT2D eigenvalue weighted by Gasteiger charge is 2.14. The van der Waals surface area contributed by atoms with Crippen LogP contribution in [0.5, 0.6) is 0 Å². The van der Waals surface area contributed by atoms with Crippen LogP contribution in [-0.4, -0.2) is 37.4 Å². The molecular weight excluding hydrogens is 239 g/mol. The fourth-order valence-corrected chi connectivity index (χ4v) is 1.51. The first-order valence-corrected chi connectivity index (χ1v) is 5.54. The van der Waals surface area contributed by atoms with Crippen molar-refractivity contribution in [1.82, 2.24) is 5.32 Å². The van der Waals surface area contributed by atoms with Crippen LogP contribution < -0.4 is 11.1 Å². The first-order chi connectivity index (χ1) is 8.58. The van der Waals surface area contributed by atoms with Crippen LogP contribution in [0.3, 0.4) is 0 Å². The second kappa shape index (κ2) is 6.93. The van der Waals surface area contributed by atoms with Gasteiger partial charge in [0.05, 0.1) is 18.3 Å². The van der Waals surface area contributed by atoms with Gasteiger partial charge in [-0.2, -0.15) is 0 Å². The van der Waals surface area contributed by atoms with Gasteiger partial charge in [0, 0.05) is 19.3 Å². The minimum atomic E-state index is -0.560. The lowest BCUT2D eigenvalue weighted by molar-refractivity contribution is 0.0878. The van der Waals surface area contributed by atoms with Crippen molar-refractivity contribution in [3.8, 4) is 0 Å². The number of aliphatic hydroxyl groups excluding tert-OH is 1. The van der Waals surface area contributed by atoms with Crippen LogP contribution in [0, 0.1) is 5.82 Å². The molecule has 1 unspecified atom stereocenters. The lowest BCUT2D eigenvalue weighted by atomic mass is 10.1. The molecule has 100 valence electrons. The van der Waals surface area contributed by atoms with E-state index in [4.69, 9.17) is 15.6 Å². The third-order valence-electron chi connectivity index (χ3n) is 2.44. The van der Waals surface area contributed by atoms with E-state index in [0.29, 0.717) is 13.0 Å². The molecule has 18 heavy (non-hydrogen) atoms. The number of rotatable bonds is 6. The normalized spacial score (nSPS) is 12.2. The number of anilines is 1. The summed E-state index contributed by atoms with van der Waals surface area (Å²) >= 11 is 0. The van der Waals surface area contributed by atoms with E-state index in [-0.39, 0.29) is 29.8 Å². The van der Waals surface area contributed by atoms with E-state index < -0.39 is 5.82 Å². The molecule has 4 N–H and O–H groups in total. The molecular formula is C12H17FN2O3. The highest BCUT2D eigenvalue weighted by molar-refractivity contribution is 5.95. The summed E-state index contributed by atoms with van der Waals surface area (Å²) in [6, 6.07) is 3.47. The third kappa shape index (κ3) is 3.97. The predicted molar refractivity (Wildman–Crippen MR) is 65.6 cm³/mol. The fraction of sp³-hybridized carbons (Fsp3) is 0.417. The average molecular weight is 256 g/mol. The fourth-order valence-electron chi connectivity index (χ4n) is 1.51. The number of nitrogens with one attached hydrogen (secondary N) is 1. The zero-order valence-electron chi connectivity index (χ0n) is 10.1. The number of halogens is 1. The van der Waals surface area contributed by atoms with E-state index in [1.54, 1.807) is 0 Å². The minimum Gasteiger partial charge on any atom is -0.396 e. The maximum Gasteiger partial charge on any atom is 0.251 e. The minimum absolute atomic E-state index is 0.0557.